The third-order valence-corrected chi connectivity index (χ3v) is 2.78. The SMILES string of the molecule is CC(C)CNc1ccc([S-](=N)=O)cc1OC(F)(F)F. The van der Waals surface area contributed by atoms with Crippen molar-refractivity contribution < 1.29 is 22.1 Å². The number of alkyl halides is 3. The van der Waals surface area contributed by atoms with Crippen LogP contribution in [0, 0.1) is 10.7 Å². The van der Waals surface area contributed by atoms with E-state index in [-0.39, 0.29) is 16.5 Å². The van der Waals surface area contributed by atoms with Gasteiger partial charge in [0.15, 0.2) is 5.75 Å². The maximum atomic E-state index is 12.3. The van der Waals surface area contributed by atoms with Gasteiger partial charge in [0.2, 0.25) is 0 Å². The Balaban J connectivity index is 3.07. The Kier molecular flexibility index (Phi) is 5.04. The van der Waals surface area contributed by atoms with Crippen LogP contribution in [0.25, 0.3) is 0 Å². The van der Waals surface area contributed by atoms with Gasteiger partial charge < -0.3 is 19.0 Å². The zero-order valence-corrected chi connectivity index (χ0v) is 11.2. The van der Waals surface area contributed by atoms with Gasteiger partial charge in [-0.2, -0.15) is 10.6 Å². The van der Waals surface area contributed by atoms with Crippen LogP contribution in [-0.2, 0) is 14.8 Å². The number of ether oxygens (including phenoxy) is 1. The van der Waals surface area contributed by atoms with Crippen LogP contribution < -0.4 is 10.1 Å². The Morgan fingerprint density at radius 2 is 2.05 bits per heavy atom. The van der Waals surface area contributed by atoms with E-state index in [1.165, 1.54) is 12.1 Å². The molecule has 1 rings (SSSR count). The second kappa shape index (κ2) is 6.14. The highest BCUT2D eigenvalue weighted by atomic mass is 32.2. The molecule has 0 fully saturated rings. The van der Waals surface area contributed by atoms with Crippen LogP contribution >= 0.6 is 0 Å². The lowest BCUT2D eigenvalue weighted by molar-refractivity contribution is -0.274. The summed E-state index contributed by atoms with van der Waals surface area (Å²) >= 11 is 0. The van der Waals surface area contributed by atoms with Crippen LogP contribution in [0.1, 0.15) is 13.8 Å². The third kappa shape index (κ3) is 5.37. The van der Waals surface area contributed by atoms with Crippen molar-refractivity contribution in [3.63, 3.8) is 0 Å². The van der Waals surface area contributed by atoms with Crippen LogP contribution in [0.3, 0.4) is 0 Å². The third-order valence-electron chi connectivity index (χ3n) is 2.09. The van der Waals surface area contributed by atoms with E-state index in [1.807, 2.05) is 13.8 Å². The highest BCUT2D eigenvalue weighted by molar-refractivity contribution is 7.73. The van der Waals surface area contributed by atoms with Crippen LogP contribution in [0.5, 0.6) is 5.75 Å². The normalized spacial score (nSPS) is 11.9. The van der Waals surface area contributed by atoms with Gasteiger partial charge in [0, 0.05) is 6.54 Å². The molecular formula is C11H14F3N2O2S-. The molecule has 0 radical (unpaired) electrons. The molecule has 0 heterocycles. The molecule has 1 aromatic rings. The molecule has 0 aromatic heterocycles. The smallest absolute Gasteiger partial charge is 0.440 e. The predicted octanol–water partition coefficient (Wildman–Crippen LogP) is 3.74. The highest BCUT2D eigenvalue weighted by Gasteiger charge is 2.32. The van der Waals surface area contributed by atoms with Gasteiger partial charge in [0.1, 0.15) is 0 Å². The van der Waals surface area contributed by atoms with Gasteiger partial charge in [-0.25, -0.2) is 0 Å². The fraction of sp³-hybridized carbons (Fsp3) is 0.455. The average Bonchev–Trinajstić information content (AvgIpc) is 2.24. The predicted molar refractivity (Wildman–Crippen MR) is 65.5 cm³/mol. The first kappa shape index (κ1) is 15.6. The van der Waals surface area contributed by atoms with Crippen molar-refractivity contribution in [1.82, 2.24) is 0 Å². The Labute approximate surface area is 111 Å². The monoisotopic (exact) mass is 295 g/mol. The molecule has 0 bridgehead atoms. The highest BCUT2D eigenvalue weighted by Crippen LogP contribution is 2.31. The topological polar surface area (TPSA) is 62.2 Å². The van der Waals surface area contributed by atoms with E-state index in [1.54, 1.807) is 0 Å². The summed E-state index contributed by atoms with van der Waals surface area (Å²) in [7, 11) is -2.11. The summed E-state index contributed by atoms with van der Waals surface area (Å²) in [5.74, 6) is -0.241. The van der Waals surface area contributed by atoms with Crippen molar-refractivity contribution in [3.05, 3.63) is 18.2 Å². The summed E-state index contributed by atoms with van der Waals surface area (Å²) in [6.45, 7) is 4.28. The van der Waals surface area contributed by atoms with Gasteiger partial charge in [-0.15, -0.1) is 13.2 Å². The van der Waals surface area contributed by atoms with Crippen molar-refractivity contribution in [2.75, 3.05) is 11.9 Å². The fourth-order valence-corrected chi connectivity index (χ4v) is 1.69. The maximum absolute atomic E-state index is 12.3. The van der Waals surface area contributed by atoms with Gasteiger partial charge in [-0.1, -0.05) is 24.8 Å². The van der Waals surface area contributed by atoms with E-state index in [2.05, 4.69) is 10.1 Å². The van der Waals surface area contributed by atoms with E-state index in [4.69, 9.17) is 4.78 Å². The van der Waals surface area contributed by atoms with Crippen LogP contribution in [-0.4, -0.2) is 12.9 Å². The molecule has 108 valence electrons. The van der Waals surface area contributed by atoms with Crippen LogP contribution in [0.2, 0.25) is 0 Å². The molecule has 1 aromatic carbocycles. The average molecular weight is 295 g/mol. The van der Waals surface area contributed by atoms with E-state index in [0.29, 0.717) is 6.54 Å². The standard InChI is InChI=1S/C11H14F3N2O2S/c1-7(2)6-16-9-4-3-8(19(15)17)5-10(9)18-11(12,13)14/h3-5,7,15-16H,6H2,1-2H3/q-1. The summed E-state index contributed by atoms with van der Waals surface area (Å²) in [5, 5.41) is 2.82. The summed E-state index contributed by atoms with van der Waals surface area (Å²) in [6.07, 6.45) is -4.84. The summed E-state index contributed by atoms with van der Waals surface area (Å²) in [4.78, 5) is -0.0469. The molecule has 4 nitrogen and oxygen atoms in total. The van der Waals surface area contributed by atoms with Gasteiger partial charge in [0.05, 0.1) is 5.69 Å². The molecule has 0 saturated carbocycles. The summed E-state index contributed by atoms with van der Waals surface area (Å²) in [6, 6.07) is 3.61. The van der Waals surface area contributed by atoms with E-state index < -0.39 is 22.7 Å². The number of rotatable bonds is 5. The van der Waals surface area contributed by atoms with E-state index >= 15 is 0 Å². The Bertz CT molecular complexity index is 505. The number of anilines is 1. The first-order valence-corrected chi connectivity index (χ1v) is 6.60. The van der Waals surface area contributed by atoms with Crippen LogP contribution in [0.4, 0.5) is 18.9 Å². The quantitative estimate of drug-likeness (QED) is 0.813. The number of halogens is 3. The molecule has 8 heteroatoms. The molecule has 0 unspecified atom stereocenters. The van der Waals surface area contributed by atoms with Gasteiger partial charge in [-0.05, 0) is 18.1 Å². The Morgan fingerprint density at radius 1 is 1.42 bits per heavy atom. The molecule has 2 N–H and O–H groups in total. The van der Waals surface area contributed by atoms with Crippen molar-refractivity contribution >= 4 is 16.3 Å². The number of hydrogen-bond donors (Lipinski definition) is 2. The molecule has 19 heavy (non-hydrogen) atoms. The van der Waals surface area contributed by atoms with Crippen molar-refractivity contribution in [1.29, 1.82) is 4.78 Å². The minimum Gasteiger partial charge on any atom is -0.440 e. The lowest BCUT2D eigenvalue weighted by atomic mass is 10.2. The van der Waals surface area contributed by atoms with Crippen molar-refractivity contribution in [2.45, 2.75) is 25.1 Å². The zero-order valence-electron chi connectivity index (χ0n) is 10.4. The van der Waals surface area contributed by atoms with Crippen LogP contribution in [0.15, 0.2) is 23.1 Å². The van der Waals surface area contributed by atoms with Crippen molar-refractivity contribution in [3.8, 4) is 5.75 Å². The molecule has 0 spiro atoms. The Hall–Kier alpha value is -1.44. The van der Waals surface area contributed by atoms with Gasteiger partial charge in [0.25, 0.3) is 0 Å². The molecule has 0 aliphatic rings. The minimum absolute atomic E-state index is 0.0469. The lowest BCUT2D eigenvalue weighted by Crippen LogP contribution is -2.19. The van der Waals surface area contributed by atoms with Gasteiger partial charge >= 0.3 is 6.36 Å². The van der Waals surface area contributed by atoms with Crippen molar-refractivity contribution in [2.24, 2.45) is 5.92 Å². The minimum atomic E-state index is -4.84. The second-order valence-electron chi connectivity index (χ2n) is 4.25. The first-order chi connectivity index (χ1) is 8.69. The molecule has 0 saturated heterocycles. The summed E-state index contributed by atoms with van der Waals surface area (Å²) in [5.41, 5.74) is 0.153. The molecule has 0 aliphatic heterocycles. The lowest BCUT2D eigenvalue weighted by Gasteiger charge is -2.17. The number of nitrogens with one attached hydrogen (secondary N) is 2. The largest absolute Gasteiger partial charge is 0.573 e. The Morgan fingerprint density at radius 3 is 2.53 bits per heavy atom. The molecular weight excluding hydrogens is 281 g/mol. The first-order valence-electron chi connectivity index (χ1n) is 5.45. The van der Waals surface area contributed by atoms with E-state index in [9.17, 15) is 17.4 Å². The second-order valence-corrected chi connectivity index (χ2v) is 5.26. The summed E-state index contributed by atoms with van der Waals surface area (Å²) < 4.78 is 58.7. The fourth-order valence-electron chi connectivity index (χ4n) is 1.29. The number of hydrogen-bond acceptors (Lipinski definition) is 5. The molecule has 0 amide bonds. The maximum Gasteiger partial charge on any atom is 0.573 e. The molecule has 0 aliphatic carbocycles. The number of benzene rings is 1. The zero-order chi connectivity index (χ0) is 14.6. The molecule has 0 atom stereocenters. The van der Waals surface area contributed by atoms with Gasteiger partial charge in [-0.3, -0.25) is 0 Å². The van der Waals surface area contributed by atoms with E-state index in [0.717, 1.165) is 6.07 Å².